The third-order valence-corrected chi connectivity index (χ3v) is 6.96. The standard InChI is InChI=1S/C34H35F3N4O2/c1-2-3-4-7-32(42)39-22-25-8-12-28(13-9-25)29-14-10-26(11-15-29)23-41(24-27-6-5-20-38-21-27)33(43)40-31-18-16-30(17-19-31)34(35,36)37/h5-6,8-21H,2-4,7,22-24H2,1H3,(H,39,42)(H,40,43). The lowest BCUT2D eigenvalue weighted by atomic mass is 10.0. The van der Waals surface area contributed by atoms with Crippen molar-refractivity contribution >= 4 is 17.6 Å². The highest BCUT2D eigenvalue weighted by Gasteiger charge is 2.30. The summed E-state index contributed by atoms with van der Waals surface area (Å²) in [7, 11) is 0. The number of pyridine rings is 1. The Morgan fingerprint density at radius 3 is 2.00 bits per heavy atom. The van der Waals surface area contributed by atoms with Crippen LogP contribution in [0.2, 0.25) is 0 Å². The van der Waals surface area contributed by atoms with Gasteiger partial charge in [-0.2, -0.15) is 13.2 Å². The molecule has 0 aliphatic carbocycles. The molecule has 6 nitrogen and oxygen atoms in total. The monoisotopic (exact) mass is 588 g/mol. The molecule has 0 unspecified atom stereocenters. The lowest BCUT2D eigenvalue weighted by Gasteiger charge is -2.23. The molecule has 3 aromatic carbocycles. The van der Waals surface area contributed by atoms with Gasteiger partial charge in [-0.1, -0.05) is 74.4 Å². The van der Waals surface area contributed by atoms with Crippen molar-refractivity contribution in [1.82, 2.24) is 15.2 Å². The summed E-state index contributed by atoms with van der Waals surface area (Å²) in [6.45, 7) is 3.14. The topological polar surface area (TPSA) is 74.3 Å². The zero-order chi connectivity index (χ0) is 30.7. The second-order valence-electron chi connectivity index (χ2n) is 10.4. The largest absolute Gasteiger partial charge is 0.416 e. The first kappa shape index (κ1) is 31.3. The van der Waals surface area contributed by atoms with Gasteiger partial charge in [-0.25, -0.2) is 4.79 Å². The van der Waals surface area contributed by atoms with Crippen molar-refractivity contribution in [2.24, 2.45) is 0 Å². The number of carbonyl (C=O) groups is 2. The number of hydrogen-bond acceptors (Lipinski definition) is 3. The van der Waals surface area contributed by atoms with Gasteiger partial charge in [0.05, 0.1) is 5.56 Å². The van der Waals surface area contributed by atoms with E-state index in [2.05, 4.69) is 22.5 Å². The Balaban J connectivity index is 1.40. The first-order chi connectivity index (χ1) is 20.7. The number of anilines is 1. The summed E-state index contributed by atoms with van der Waals surface area (Å²) in [4.78, 5) is 30.9. The van der Waals surface area contributed by atoms with E-state index in [9.17, 15) is 22.8 Å². The van der Waals surface area contributed by atoms with Crippen LogP contribution in [-0.4, -0.2) is 21.8 Å². The number of hydrogen-bond donors (Lipinski definition) is 2. The Labute approximate surface area is 250 Å². The molecule has 0 saturated heterocycles. The van der Waals surface area contributed by atoms with Crippen LogP contribution in [0.1, 0.15) is 54.9 Å². The van der Waals surface area contributed by atoms with Crippen LogP contribution in [0.25, 0.3) is 11.1 Å². The maximum absolute atomic E-state index is 13.2. The van der Waals surface area contributed by atoms with Crippen molar-refractivity contribution in [3.63, 3.8) is 0 Å². The van der Waals surface area contributed by atoms with E-state index in [1.165, 1.54) is 12.1 Å². The third-order valence-electron chi connectivity index (χ3n) is 6.96. The normalized spacial score (nSPS) is 11.2. The summed E-state index contributed by atoms with van der Waals surface area (Å²) >= 11 is 0. The summed E-state index contributed by atoms with van der Waals surface area (Å²) in [6.07, 6.45) is 2.46. The zero-order valence-corrected chi connectivity index (χ0v) is 24.0. The summed E-state index contributed by atoms with van der Waals surface area (Å²) in [5.74, 6) is 0.0683. The number of aromatic nitrogens is 1. The van der Waals surface area contributed by atoms with Crippen molar-refractivity contribution in [3.8, 4) is 11.1 Å². The highest BCUT2D eigenvalue weighted by atomic mass is 19.4. The maximum Gasteiger partial charge on any atom is 0.416 e. The summed E-state index contributed by atoms with van der Waals surface area (Å²) < 4.78 is 38.8. The minimum absolute atomic E-state index is 0.0683. The Morgan fingerprint density at radius 1 is 0.791 bits per heavy atom. The van der Waals surface area contributed by atoms with Crippen LogP contribution in [0.15, 0.2) is 97.3 Å². The first-order valence-corrected chi connectivity index (χ1v) is 14.3. The lowest BCUT2D eigenvalue weighted by molar-refractivity contribution is -0.137. The van der Waals surface area contributed by atoms with Gasteiger partial charge in [0, 0.05) is 44.1 Å². The van der Waals surface area contributed by atoms with E-state index >= 15 is 0 Å². The van der Waals surface area contributed by atoms with E-state index in [1.54, 1.807) is 23.4 Å². The predicted octanol–water partition coefficient (Wildman–Crippen LogP) is 8.20. The summed E-state index contributed by atoms with van der Waals surface area (Å²) in [5.41, 5.74) is 4.25. The van der Waals surface area contributed by atoms with Gasteiger partial charge in [0.25, 0.3) is 0 Å². The van der Waals surface area contributed by atoms with Gasteiger partial charge in [0.15, 0.2) is 0 Å². The molecule has 0 saturated carbocycles. The first-order valence-electron chi connectivity index (χ1n) is 14.3. The Hall–Kier alpha value is -4.66. The van der Waals surface area contributed by atoms with E-state index < -0.39 is 17.8 Å². The molecule has 0 aliphatic rings. The molecular formula is C34H35F3N4O2. The molecule has 0 atom stereocenters. The molecule has 2 N–H and O–H groups in total. The van der Waals surface area contributed by atoms with Crippen LogP contribution in [-0.2, 0) is 30.6 Å². The number of halogens is 3. The third kappa shape index (κ3) is 9.70. The number of amides is 3. The van der Waals surface area contributed by atoms with Crippen LogP contribution >= 0.6 is 0 Å². The van der Waals surface area contributed by atoms with Crippen LogP contribution in [0, 0.1) is 0 Å². The smallest absolute Gasteiger partial charge is 0.352 e. The highest BCUT2D eigenvalue weighted by molar-refractivity contribution is 5.89. The molecule has 224 valence electrons. The molecule has 1 heterocycles. The zero-order valence-electron chi connectivity index (χ0n) is 24.0. The molecule has 3 amide bonds. The fraction of sp³-hybridized carbons (Fsp3) is 0.265. The Morgan fingerprint density at radius 2 is 1.42 bits per heavy atom. The van der Waals surface area contributed by atoms with Crippen molar-refractivity contribution in [1.29, 1.82) is 0 Å². The van der Waals surface area contributed by atoms with Gasteiger partial charge >= 0.3 is 12.2 Å². The van der Waals surface area contributed by atoms with Crippen molar-refractivity contribution < 1.29 is 22.8 Å². The van der Waals surface area contributed by atoms with Crippen molar-refractivity contribution in [3.05, 3.63) is 120 Å². The fourth-order valence-electron chi connectivity index (χ4n) is 4.52. The van der Waals surface area contributed by atoms with Crippen molar-refractivity contribution in [2.75, 3.05) is 5.32 Å². The molecule has 43 heavy (non-hydrogen) atoms. The van der Waals surface area contributed by atoms with E-state index in [0.717, 1.165) is 59.2 Å². The van der Waals surface area contributed by atoms with Gasteiger partial charge in [-0.05, 0) is 64.6 Å². The number of nitrogens with one attached hydrogen (secondary N) is 2. The van der Waals surface area contributed by atoms with Crippen LogP contribution < -0.4 is 10.6 Å². The maximum atomic E-state index is 13.2. The summed E-state index contributed by atoms with van der Waals surface area (Å²) in [6, 6.07) is 23.4. The number of urea groups is 1. The van der Waals surface area contributed by atoms with Crippen molar-refractivity contribution in [2.45, 2.75) is 58.4 Å². The van der Waals surface area contributed by atoms with Crippen LogP contribution in [0.3, 0.4) is 0 Å². The highest BCUT2D eigenvalue weighted by Crippen LogP contribution is 2.30. The average Bonchev–Trinajstić information content (AvgIpc) is 3.01. The van der Waals surface area contributed by atoms with E-state index in [-0.39, 0.29) is 24.7 Å². The van der Waals surface area contributed by atoms with Crippen LogP contribution in [0.4, 0.5) is 23.7 Å². The van der Waals surface area contributed by atoms with Gasteiger partial charge in [0.2, 0.25) is 5.91 Å². The van der Waals surface area contributed by atoms with Gasteiger partial charge in [-0.3, -0.25) is 9.78 Å². The molecule has 9 heteroatoms. The quantitative estimate of drug-likeness (QED) is 0.164. The van der Waals surface area contributed by atoms with E-state index in [1.807, 2.05) is 54.6 Å². The number of alkyl halides is 3. The minimum Gasteiger partial charge on any atom is -0.352 e. The summed E-state index contributed by atoms with van der Waals surface area (Å²) in [5, 5.41) is 5.67. The second kappa shape index (κ2) is 15.0. The SMILES string of the molecule is CCCCCC(=O)NCc1ccc(-c2ccc(CN(Cc3cccnc3)C(=O)Nc3ccc(C(F)(F)F)cc3)cc2)cc1. The minimum atomic E-state index is -4.45. The Bertz CT molecular complexity index is 1460. The molecule has 4 rings (SSSR count). The molecule has 4 aromatic rings. The number of carbonyl (C=O) groups excluding carboxylic acids is 2. The molecule has 0 bridgehead atoms. The molecule has 0 fully saturated rings. The second-order valence-corrected chi connectivity index (χ2v) is 10.4. The Kier molecular flexibility index (Phi) is 10.9. The molecule has 0 radical (unpaired) electrons. The molecule has 0 spiro atoms. The number of rotatable bonds is 12. The van der Waals surface area contributed by atoms with Gasteiger partial charge < -0.3 is 15.5 Å². The van der Waals surface area contributed by atoms with Gasteiger partial charge in [-0.15, -0.1) is 0 Å². The molecule has 1 aromatic heterocycles. The van der Waals surface area contributed by atoms with Crippen LogP contribution in [0.5, 0.6) is 0 Å². The lowest BCUT2D eigenvalue weighted by Crippen LogP contribution is -2.34. The average molecular weight is 589 g/mol. The number of unbranched alkanes of at least 4 members (excludes halogenated alkanes) is 2. The van der Waals surface area contributed by atoms with E-state index in [4.69, 9.17) is 0 Å². The number of benzene rings is 3. The molecule has 0 aliphatic heterocycles. The fourth-order valence-corrected chi connectivity index (χ4v) is 4.52. The van der Waals surface area contributed by atoms with E-state index in [0.29, 0.717) is 13.0 Å². The van der Waals surface area contributed by atoms with Gasteiger partial charge in [0.1, 0.15) is 0 Å². The predicted molar refractivity (Wildman–Crippen MR) is 162 cm³/mol. The molecular weight excluding hydrogens is 553 g/mol. The number of nitrogens with zero attached hydrogens (tertiary/aromatic N) is 2.